The molecule has 0 aliphatic rings. The summed E-state index contributed by atoms with van der Waals surface area (Å²) in [7, 11) is 4.80. The number of hydrogen-bond donors (Lipinski definition) is 1. The normalized spacial score (nSPS) is 9.73. The Morgan fingerprint density at radius 1 is 1.00 bits per heavy atom. The molecule has 0 aliphatic heterocycles. The van der Waals surface area contributed by atoms with Gasteiger partial charge in [0.25, 0.3) is 0 Å². The fourth-order valence-electron chi connectivity index (χ4n) is 2.16. The van der Waals surface area contributed by atoms with Crippen molar-refractivity contribution in [3.05, 3.63) is 47.5 Å². The standard InChI is InChI=1S/C17H18N2O3/c1-20-14-8-7-13(16(9-14)22-3)11-19-17-12(10-18)5-4-6-15(17)21-2/h4-9,19H,11H2,1-3H3. The van der Waals surface area contributed by atoms with E-state index < -0.39 is 0 Å². The Morgan fingerprint density at radius 2 is 1.77 bits per heavy atom. The first-order chi connectivity index (χ1) is 10.7. The van der Waals surface area contributed by atoms with Gasteiger partial charge in [-0.05, 0) is 24.3 Å². The molecule has 2 aromatic rings. The Kier molecular flexibility index (Phi) is 5.10. The van der Waals surface area contributed by atoms with E-state index in [1.54, 1.807) is 33.5 Å². The third-order valence-electron chi connectivity index (χ3n) is 3.32. The molecular formula is C17H18N2O3. The molecule has 2 rings (SSSR count). The van der Waals surface area contributed by atoms with Gasteiger partial charge in [-0.3, -0.25) is 0 Å². The second-order valence-corrected chi connectivity index (χ2v) is 4.53. The van der Waals surface area contributed by atoms with Crippen molar-refractivity contribution < 1.29 is 14.2 Å². The molecular weight excluding hydrogens is 280 g/mol. The zero-order chi connectivity index (χ0) is 15.9. The zero-order valence-corrected chi connectivity index (χ0v) is 12.8. The Hall–Kier alpha value is -2.87. The third-order valence-corrected chi connectivity index (χ3v) is 3.32. The van der Waals surface area contributed by atoms with E-state index in [0.29, 0.717) is 23.5 Å². The first-order valence-corrected chi connectivity index (χ1v) is 6.75. The quantitative estimate of drug-likeness (QED) is 0.887. The van der Waals surface area contributed by atoms with Crippen molar-refractivity contribution in [2.45, 2.75) is 6.54 Å². The molecule has 0 unspecified atom stereocenters. The highest BCUT2D eigenvalue weighted by Crippen LogP contribution is 2.30. The molecule has 0 amide bonds. The Morgan fingerprint density at radius 3 is 2.41 bits per heavy atom. The van der Waals surface area contributed by atoms with Crippen LogP contribution in [0.15, 0.2) is 36.4 Å². The van der Waals surface area contributed by atoms with Gasteiger partial charge >= 0.3 is 0 Å². The fourth-order valence-corrected chi connectivity index (χ4v) is 2.16. The second-order valence-electron chi connectivity index (χ2n) is 4.53. The van der Waals surface area contributed by atoms with Crippen LogP contribution in [0.5, 0.6) is 17.2 Å². The molecule has 0 aliphatic carbocycles. The number of rotatable bonds is 6. The van der Waals surface area contributed by atoms with Gasteiger partial charge in [-0.15, -0.1) is 0 Å². The van der Waals surface area contributed by atoms with Crippen molar-refractivity contribution >= 4 is 5.69 Å². The van der Waals surface area contributed by atoms with Gasteiger partial charge in [0.1, 0.15) is 23.3 Å². The third kappa shape index (κ3) is 3.23. The number of methoxy groups -OCH3 is 3. The molecule has 0 bridgehead atoms. The van der Waals surface area contributed by atoms with Crippen LogP contribution in [0.4, 0.5) is 5.69 Å². The van der Waals surface area contributed by atoms with Crippen molar-refractivity contribution in [1.29, 1.82) is 5.26 Å². The molecule has 0 heterocycles. The molecule has 114 valence electrons. The predicted octanol–water partition coefficient (Wildman–Crippen LogP) is 3.20. The lowest BCUT2D eigenvalue weighted by atomic mass is 10.1. The Balaban J connectivity index is 2.26. The van der Waals surface area contributed by atoms with E-state index in [9.17, 15) is 5.26 Å². The van der Waals surface area contributed by atoms with Gasteiger partial charge < -0.3 is 19.5 Å². The van der Waals surface area contributed by atoms with E-state index in [1.807, 2.05) is 24.3 Å². The smallest absolute Gasteiger partial charge is 0.143 e. The van der Waals surface area contributed by atoms with E-state index in [0.717, 1.165) is 17.1 Å². The van der Waals surface area contributed by atoms with Crippen LogP contribution < -0.4 is 19.5 Å². The number of nitriles is 1. The number of hydrogen-bond acceptors (Lipinski definition) is 5. The topological polar surface area (TPSA) is 63.5 Å². The van der Waals surface area contributed by atoms with Gasteiger partial charge in [0.2, 0.25) is 0 Å². The summed E-state index contributed by atoms with van der Waals surface area (Å²) in [5.41, 5.74) is 2.16. The van der Waals surface area contributed by atoms with Gasteiger partial charge in [0, 0.05) is 18.2 Å². The number of benzene rings is 2. The van der Waals surface area contributed by atoms with Crippen molar-refractivity contribution in [2.24, 2.45) is 0 Å². The predicted molar refractivity (Wildman–Crippen MR) is 84.6 cm³/mol. The van der Waals surface area contributed by atoms with Crippen molar-refractivity contribution in [3.8, 4) is 23.3 Å². The average molecular weight is 298 g/mol. The minimum absolute atomic E-state index is 0.502. The van der Waals surface area contributed by atoms with Gasteiger partial charge in [-0.25, -0.2) is 0 Å². The van der Waals surface area contributed by atoms with Crippen LogP contribution in [0.3, 0.4) is 0 Å². The highest BCUT2D eigenvalue weighted by molar-refractivity contribution is 5.66. The van der Waals surface area contributed by atoms with Gasteiger partial charge in [0.15, 0.2) is 0 Å². The van der Waals surface area contributed by atoms with E-state index in [4.69, 9.17) is 14.2 Å². The van der Waals surface area contributed by atoms with E-state index in [2.05, 4.69) is 11.4 Å². The molecule has 0 spiro atoms. The SMILES string of the molecule is COc1ccc(CNc2c(C#N)cccc2OC)c(OC)c1. The van der Waals surface area contributed by atoms with Crippen LogP contribution in [0.1, 0.15) is 11.1 Å². The maximum atomic E-state index is 9.22. The Bertz CT molecular complexity index is 693. The summed E-state index contributed by atoms with van der Waals surface area (Å²) in [4.78, 5) is 0. The van der Waals surface area contributed by atoms with Gasteiger partial charge in [-0.1, -0.05) is 6.07 Å². The molecule has 0 atom stereocenters. The van der Waals surface area contributed by atoms with Crippen molar-refractivity contribution in [2.75, 3.05) is 26.6 Å². The van der Waals surface area contributed by atoms with Crippen LogP contribution in [0.2, 0.25) is 0 Å². The molecule has 0 saturated heterocycles. The molecule has 0 saturated carbocycles. The largest absolute Gasteiger partial charge is 0.497 e. The van der Waals surface area contributed by atoms with Crippen LogP contribution in [-0.2, 0) is 6.54 Å². The number of nitrogens with one attached hydrogen (secondary N) is 1. The molecule has 0 aromatic heterocycles. The summed E-state index contributed by atoms with van der Waals surface area (Å²) in [6, 6.07) is 13.1. The summed E-state index contributed by atoms with van der Waals surface area (Å²) in [6.45, 7) is 0.502. The van der Waals surface area contributed by atoms with E-state index in [-0.39, 0.29) is 0 Å². The first-order valence-electron chi connectivity index (χ1n) is 6.75. The first kappa shape index (κ1) is 15.5. The minimum atomic E-state index is 0.502. The minimum Gasteiger partial charge on any atom is -0.497 e. The summed E-state index contributed by atoms with van der Waals surface area (Å²) >= 11 is 0. The highest BCUT2D eigenvalue weighted by atomic mass is 16.5. The van der Waals surface area contributed by atoms with Crippen molar-refractivity contribution in [3.63, 3.8) is 0 Å². The number of nitrogens with zero attached hydrogens (tertiary/aromatic N) is 1. The summed E-state index contributed by atoms with van der Waals surface area (Å²) in [6.07, 6.45) is 0. The van der Waals surface area contributed by atoms with Gasteiger partial charge in [-0.2, -0.15) is 5.26 Å². The molecule has 22 heavy (non-hydrogen) atoms. The summed E-state index contributed by atoms with van der Waals surface area (Å²) < 4.78 is 15.9. The lowest BCUT2D eigenvalue weighted by Crippen LogP contribution is -2.05. The maximum Gasteiger partial charge on any atom is 0.143 e. The lowest BCUT2D eigenvalue weighted by Gasteiger charge is -2.15. The second kappa shape index (κ2) is 7.23. The fraction of sp³-hybridized carbons (Fsp3) is 0.235. The van der Waals surface area contributed by atoms with E-state index in [1.165, 1.54) is 0 Å². The molecule has 0 radical (unpaired) electrons. The van der Waals surface area contributed by atoms with Crippen LogP contribution in [0, 0.1) is 11.3 Å². The van der Waals surface area contributed by atoms with Crippen LogP contribution in [0.25, 0.3) is 0 Å². The lowest BCUT2D eigenvalue weighted by molar-refractivity contribution is 0.391. The average Bonchev–Trinajstić information content (AvgIpc) is 2.59. The molecule has 5 nitrogen and oxygen atoms in total. The number of anilines is 1. The molecule has 0 fully saturated rings. The number of ether oxygens (including phenoxy) is 3. The molecule has 2 aromatic carbocycles. The van der Waals surface area contributed by atoms with Crippen molar-refractivity contribution in [1.82, 2.24) is 0 Å². The Labute approximate surface area is 130 Å². The molecule has 5 heteroatoms. The highest BCUT2D eigenvalue weighted by Gasteiger charge is 2.10. The van der Waals surface area contributed by atoms with Crippen LogP contribution >= 0.6 is 0 Å². The van der Waals surface area contributed by atoms with E-state index >= 15 is 0 Å². The zero-order valence-electron chi connectivity index (χ0n) is 12.8. The van der Waals surface area contributed by atoms with Gasteiger partial charge in [0.05, 0.1) is 32.6 Å². The summed E-state index contributed by atoms with van der Waals surface area (Å²) in [5, 5.41) is 12.5. The summed E-state index contributed by atoms with van der Waals surface area (Å²) in [5.74, 6) is 2.09. The number of para-hydroxylation sites is 1. The monoisotopic (exact) mass is 298 g/mol. The maximum absolute atomic E-state index is 9.22. The van der Waals surface area contributed by atoms with Crippen LogP contribution in [-0.4, -0.2) is 21.3 Å². The molecule has 1 N–H and O–H groups in total.